The van der Waals surface area contributed by atoms with Crippen LogP contribution in [0.5, 0.6) is 5.75 Å². The van der Waals surface area contributed by atoms with E-state index in [0.29, 0.717) is 12.1 Å². The topological polar surface area (TPSA) is 86.8 Å². The first-order valence-corrected chi connectivity index (χ1v) is 6.56. The summed E-state index contributed by atoms with van der Waals surface area (Å²) in [5.41, 5.74) is 1.52. The van der Waals surface area contributed by atoms with Gasteiger partial charge in [-0.25, -0.2) is 0 Å². The summed E-state index contributed by atoms with van der Waals surface area (Å²) in [6.07, 6.45) is 3.76. The molecule has 0 radical (unpaired) electrons. The van der Waals surface area contributed by atoms with Gasteiger partial charge in [0.1, 0.15) is 0 Å². The second-order valence-corrected chi connectivity index (χ2v) is 5.01. The van der Waals surface area contributed by atoms with E-state index in [9.17, 15) is 20.2 Å². The van der Waals surface area contributed by atoms with Crippen LogP contribution < -0.4 is 0 Å². The molecule has 106 valence electrons. The Morgan fingerprint density at radius 3 is 2.90 bits per heavy atom. The molecular formula is C13H17BN2O4. The quantitative estimate of drug-likeness (QED) is 0.500. The average Bonchev–Trinajstić information content (AvgIpc) is 2.41. The third kappa shape index (κ3) is 3.37. The van der Waals surface area contributed by atoms with E-state index in [0.717, 1.165) is 25.0 Å². The van der Waals surface area contributed by atoms with Gasteiger partial charge in [0.05, 0.1) is 4.92 Å². The summed E-state index contributed by atoms with van der Waals surface area (Å²) >= 11 is 0. The highest BCUT2D eigenvalue weighted by molar-refractivity contribution is 6.45. The average molecular weight is 276 g/mol. The summed E-state index contributed by atoms with van der Waals surface area (Å²) in [4.78, 5) is 12.1. The van der Waals surface area contributed by atoms with Crippen LogP contribution in [0, 0.1) is 10.1 Å². The molecule has 1 aliphatic rings. The summed E-state index contributed by atoms with van der Waals surface area (Å²) in [5, 5.41) is 29.8. The lowest BCUT2D eigenvalue weighted by Gasteiger charge is -2.29. The highest BCUT2D eigenvalue weighted by Gasteiger charge is 2.21. The number of rotatable bonds is 3. The van der Waals surface area contributed by atoms with Crippen LogP contribution in [-0.2, 0) is 0 Å². The van der Waals surface area contributed by atoms with E-state index in [2.05, 4.69) is 0 Å². The minimum atomic E-state index is -0.597. The first-order valence-electron chi connectivity index (χ1n) is 6.56. The van der Waals surface area contributed by atoms with E-state index in [-0.39, 0.29) is 11.4 Å². The number of hydrogen-bond donors (Lipinski definition) is 2. The fraction of sp³-hybridized carbons (Fsp3) is 0.385. The Balaban J connectivity index is 2.22. The summed E-state index contributed by atoms with van der Waals surface area (Å²) in [6.45, 7) is 3.24. The molecule has 20 heavy (non-hydrogen) atoms. The van der Waals surface area contributed by atoms with Crippen molar-refractivity contribution < 1.29 is 15.1 Å². The Morgan fingerprint density at radius 1 is 1.50 bits per heavy atom. The first kappa shape index (κ1) is 14.6. The Labute approximate surface area is 117 Å². The van der Waals surface area contributed by atoms with E-state index in [1.807, 2.05) is 10.9 Å². The highest BCUT2D eigenvalue weighted by Crippen LogP contribution is 2.28. The number of benzene rings is 1. The normalized spacial score (nSPS) is 18.2. The standard InChI is InChI=1S/C13H17BN2O4/c1-14(18)15-6-2-3-11(9-15)7-10-4-5-13(17)12(8-10)16(19)20/h4-5,7-8,17-18H,2-3,6,9H2,1H3. The molecular weight excluding hydrogens is 259 g/mol. The van der Waals surface area contributed by atoms with Crippen molar-refractivity contribution in [3.63, 3.8) is 0 Å². The molecule has 2 N–H and O–H groups in total. The fourth-order valence-electron chi connectivity index (χ4n) is 2.38. The minimum Gasteiger partial charge on any atom is -0.502 e. The van der Waals surface area contributed by atoms with Crippen molar-refractivity contribution in [1.82, 2.24) is 4.81 Å². The Hall–Kier alpha value is -1.86. The maximum absolute atomic E-state index is 10.8. The van der Waals surface area contributed by atoms with Crippen molar-refractivity contribution in [2.24, 2.45) is 0 Å². The SMILES string of the molecule is CB(O)N1CCCC(=Cc2ccc(O)c([N+](=O)[O-])c2)C1. The molecule has 7 heteroatoms. The number of phenols is 1. The lowest BCUT2D eigenvalue weighted by molar-refractivity contribution is -0.385. The van der Waals surface area contributed by atoms with Crippen molar-refractivity contribution in [3.8, 4) is 5.75 Å². The van der Waals surface area contributed by atoms with Crippen LogP contribution in [0.2, 0.25) is 6.82 Å². The Kier molecular flexibility index (Phi) is 4.41. The number of piperidine rings is 1. The second kappa shape index (κ2) is 6.07. The van der Waals surface area contributed by atoms with Crippen LogP contribution in [0.25, 0.3) is 6.08 Å². The van der Waals surface area contributed by atoms with Gasteiger partial charge in [0.15, 0.2) is 5.75 Å². The first-order chi connectivity index (χ1) is 9.47. The van der Waals surface area contributed by atoms with Crippen LogP contribution in [0.15, 0.2) is 23.8 Å². The zero-order valence-electron chi connectivity index (χ0n) is 11.3. The van der Waals surface area contributed by atoms with Crippen molar-refractivity contribution in [2.45, 2.75) is 19.7 Å². The number of nitro benzene ring substituents is 1. The van der Waals surface area contributed by atoms with E-state index in [4.69, 9.17) is 0 Å². The van der Waals surface area contributed by atoms with Crippen LogP contribution in [0.3, 0.4) is 0 Å². The molecule has 0 aliphatic carbocycles. The van der Waals surface area contributed by atoms with E-state index < -0.39 is 12.0 Å². The van der Waals surface area contributed by atoms with E-state index in [1.165, 1.54) is 12.1 Å². The predicted molar refractivity (Wildman–Crippen MR) is 77.4 cm³/mol. The summed E-state index contributed by atoms with van der Waals surface area (Å²) in [6, 6.07) is 4.35. The lowest BCUT2D eigenvalue weighted by atomic mass is 9.82. The predicted octanol–water partition coefficient (Wildman–Crippen LogP) is 1.89. The summed E-state index contributed by atoms with van der Waals surface area (Å²) in [5.74, 6) is -0.327. The lowest BCUT2D eigenvalue weighted by Crippen LogP contribution is -2.41. The fourth-order valence-corrected chi connectivity index (χ4v) is 2.38. The van der Waals surface area contributed by atoms with Crippen molar-refractivity contribution in [1.29, 1.82) is 0 Å². The third-order valence-electron chi connectivity index (χ3n) is 3.44. The van der Waals surface area contributed by atoms with Crippen molar-refractivity contribution in [3.05, 3.63) is 39.4 Å². The molecule has 0 unspecified atom stereocenters. The van der Waals surface area contributed by atoms with Gasteiger partial charge in [0.2, 0.25) is 0 Å². The Morgan fingerprint density at radius 2 is 2.25 bits per heavy atom. The molecule has 0 spiro atoms. The zero-order valence-corrected chi connectivity index (χ0v) is 11.3. The highest BCUT2D eigenvalue weighted by atomic mass is 16.6. The van der Waals surface area contributed by atoms with Gasteiger partial charge in [-0.15, -0.1) is 0 Å². The Bertz CT molecular complexity index is 545. The molecule has 1 aromatic rings. The summed E-state index contributed by atoms with van der Waals surface area (Å²) in [7, 11) is -0.493. The minimum absolute atomic E-state index is 0.289. The van der Waals surface area contributed by atoms with Crippen LogP contribution in [0.4, 0.5) is 5.69 Å². The van der Waals surface area contributed by atoms with Crippen LogP contribution in [0.1, 0.15) is 18.4 Å². The third-order valence-corrected chi connectivity index (χ3v) is 3.44. The molecule has 0 aromatic heterocycles. The van der Waals surface area contributed by atoms with Gasteiger partial charge in [-0.3, -0.25) is 10.1 Å². The molecule has 0 atom stereocenters. The monoisotopic (exact) mass is 276 g/mol. The number of aromatic hydroxyl groups is 1. The second-order valence-electron chi connectivity index (χ2n) is 5.01. The van der Waals surface area contributed by atoms with Crippen LogP contribution in [-0.4, -0.2) is 40.0 Å². The zero-order chi connectivity index (χ0) is 14.7. The summed E-state index contributed by atoms with van der Waals surface area (Å²) < 4.78 is 0. The smallest absolute Gasteiger partial charge is 0.376 e. The van der Waals surface area contributed by atoms with E-state index in [1.54, 1.807) is 12.9 Å². The molecule has 1 aliphatic heterocycles. The van der Waals surface area contributed by atoms with Gasteiger partial charge in [0, 0.05) is 12.6 Å². The maximum Gasteiger partial charge on any atom is 0.376 e. The van der Waals surface area contributed by atoms with Crippen molar-refractivity contribution >= 4 is 18.8 Å². The van der Waals surface area contributed by atoms with Gasteiger partial charge in [0.25, 0.3) is 0 Å². The van der Waals surface area contributed by atoms with Gasteiger partial charge in [-0.1, -0.05) is 17.7 Å². The molecule has 6 nitrogen and oxygen atoms in total. The van der Waals surface area contributed by atoms with Crippen LogP contribution >= 0.6 is 0 Å². The number of hydrogen-bond acceptors (Lipinski definition) is 5. The maximum atomic E-state index is 10.8. The largest absolute Gasteiger partial charge is 0.502 e. The van der Waals surface area contributed by atoms with Gasteiger partial charge < -0.3 is 14.9 Å². The van der Waals surface area contributed by atoms with Crippen molar-refractivity contribution in [2.75, 3.05) is 13.1 Å². The molecule has 2 rings (SSSR count). The molecule has 0 bridgehead atoms. The van der Waals surface area contributed by atoms with E-state index >= 15 is 0 Å². The molecule has 1 aromatic carbocycles. The van der Waals surface area contributed by atoms with Gasteiger partial charge >= 0.3 is 12.7 Å². The number of nitrogens with zero attached hydrogens (tertiary/aromatic N) is 2. The molecule has 1 heterocycles. The molecule has 0 saturated carbocycles. The molecule has 0 amide bonds. The number of phenolic OH excluding ortho intramolecular Hbond substituents is 1. The molecule has 1 fully saturated rings. The number of nitro groups is 1. The molecule has 1 saturated heterocycles. The van der Waals surface area contributed by atoms with Gasteiger partial charge in [-0.2, -0.15) is 0 Å². The van der Waals surface area contributed by atoms with Gasteiger partial charge in [-0.05, 0) is 37.8 Å².